The zero-order valence-corrected chi connectivity index (χ0v) is 11.6. The van der Waals surface area contributed by atoms with Crippen LogP contribution in [0.4, 0.5) is 5.69 Å². The lowest BCUT2D eigenvalue weighted by atomic mass is 9.98. The van der Waals surface area contributed by atoms with Gasteiger partial charge < -0.3 is 15.4 Å². The van der Waals surface area contributed by atoms with Gasteiger partial charge in [-0.25, -0.2) is 0 Å². The highest BCUT2D eigenvalue weighted by Crippen LogP contribution is 2.23. The van der Waals surface area contributed by atoms with Crippen LogP contribution in [0.25, 0.3) is 0 Å². The Morgan fingerprint density at radius 3 is 2.95 bits per heavy atom. The molecule has 2 N–H and O–H groups in total. The number of hydrogen-bond donors (Lipinski definition) is 2. The van der Waals surface area contributed by atoms with Crippen LogP contribution in [-0.4, -0.2) is 19.0 Å². The molecule has 0 aliphatic carbocycles. The molecule has 0 aromatic heterocycles. The largest absolute Gasteiger partial charge is 0.372 e. The highest BCUT2D eigenvalue weighted by atomic mass is 35.5. The Morgan fingerprint density at radius 1 is 1.32 bits per heavy atom. The summed E-state index contributed by atoms with van der Waals surface area (Å²) in [6.07, 6.45) is 2.06. The van der Waals surface area contributed by atoms with E-state index in [1.807, 2.05) is 18.2 Å². The minimum Gasteiger partial charge on any atom is -0.372 e. The van der Waals surface area contributed by atoms with Gasteiger partial charge in [0.25, 0.3) is 0 Å². The molecule has 1 fully saturated rings. The lowest BCUT2D eigenvalue weighted by molar-refractivity contribution is -0.120. The fraction of sp³-hybridized carbons (Fsp3) is 0.500. The molecule has 1 amide bonds. The average molecular weight is 283 g/mol. The second kappa shape index (κ2) is 6.37. The second-order valence-electron chi connectivity index (χ2n) is 5.01. The number of ether oxygens (including phenoxy) is 1. The number of fused-ring (bicyclic) bond motifs is 1. The number of piperidine rings is 1. The number of amides is 1. The molecule has 1 saturated heterocycles. The van der Waals surface area contributed by atoms with E-state index in [9.17, 15) is 4.79 Å². The highest BCUT2D eigenvalue weighted by Gasteiger charge is 2.21. The summed E-state index contributed by atoms with van der Waals surface area (Å²) in [4.78, 5) is 12.1. The standard InChI is InChI=1S/C14H18N2O2.ClH/c17-14(10-2-1-5-15-7-10)16-13-4-3-11-8-18-9-12(11)6-13;/h3-4,6,10,15H,1-2,5,7-9H2,(H,16,17);1H/t10-;/m1./s1. The first-order chi connectivity index (χ1) is 8.83. The maximum absolute atomic E-state index is 12.1. The number of carbonyl (C=O) groups is 1. The van der Waals surface area contributed by atoms with E-state index >= 15 is 0 Å². The topological polar surface area (TPSA) is 50.4 Å². The van der Waals surface area contributed by atoms with Gasteiger partial charge in [0.1, 0.15) is 0 Å². The first-order valence-corrected chi connectivity index (χ1v) is 6.54. The number of benzene rings is 1. The van der Waals surface area contributed by atoms with Crippen LogP contribution >= 0.6 is 12.4 Å². The predicted molar refractivity (Wildman–Crippen MR) is 76.4 cm³/mol. The smallest absolute Gasteiger partial charge is 0.228 e. The van der Waals surface area contributed by atoms with Crippen LogP contribution in [0.2, 0.25) is 0 Å². The molecule has 0 saturated carbocycles. The maximum Gasteiger partial charge on any atom is 0.228 e. The van der Waals surface area contributed by atoms with Gasteiger partial charge in [-0.15, -0.1) is 12.4 Å². The molecule has 19 heavy (non-hydrogen) atoms. The predicted octanol–water partition coefficient (Wildman–Crippen LogP) is 2.08. The van der Waals surface area contributed by atoms with Crippen LogP contribution in [0.15, 0.2) is 18.2 Å². The van der Waals surface area contributed by atoms with Gasteiger partial charge in [0, 0.05) is 12.2 Å². The summed E-state index contributed by atoms with van der Waals surface area (Å²) in [6, 6.07) is 6.02. The molecule has 3 rings (SSSR count). The third kappa shape index (κ3) is 3.26. The lowest BCUT2D eigenvalue weighted by Crippen LogP contribution is -2.37. The first kappa shape index (κ1) is 14.3. The first-order valence-electron chi connectivity index (χ1n) is 6.54. The third-order valence-corrected chi connectivity index (χ3v) is 3.66. The molecule has 2 aliphatic rings. The average Bonchev–Trinajstić information content (AvgIpc) is 2.87. The van der Waals surface area contributed by atoms with Crippen molar-refractivity contribution >= 4 is 24.0 Å². The van der Waals surface area contributed by atoms with Gasteiger partial charge in [0.05, 0.1) is 19.1 Å². The van der Waals surface area contributed by atoms with Crippen LogP contribution in [0, 0.1) is 5.92 Å². The fourth-order valence-corrected chi connectivity index (χ4v) is 2.57. The number of halogens is 1. The highest BCUT2D eigenvalue weighted by molar-refractivity contribution is 5.92. The van der Waals surface area contributed by atoms with E-state index in [1.54, 1.807) is 0 Å². The van der Waals surface area contributed by atoms with E-state index in [0.29, 0.717) is 13.2 Å². The Labute approximate surface area is 119 Å². The third-order valence-electron chi connectivity index (χ3n) is 3.66. The van der Waals surface area contributed by atoms with Crippen molar-refractivity contribution in [2.24, 2.45) is 5.92 Å². The van der Waals surface area contributed by atoms with Crippen LogP contribution in [0.3, 0.4) is 0 Å². The molecule has 1 atom stereocenters. The second-order valence-corrected chi connectivity index (χ2v) is 5.01. The molecule has 2 heterocycles. The zero-order valence-electron chi connectivity index (χ0n) is 10.8. The van der Waals surface area contributed by atoms with E-state index in [1.165, 1.54) is 11.1 Å². The molecule has 0 spiro atoms. The number of nitrogens with one attached hydrogen (secondary N) is 2. The van der Waals surface area contributed by atoms with Crippen molar-refractivity contribution in [1.29, 1.82) is 0 Å². The van der Waals surface area contributed by atoms with Gasteiger partial charge in [0.15, 0.2) is 0 Å². The summed E-state index contributed by atoms with van der Waals surface area (Å²) >= 11 is 0. The SMILES string of the molecule is Cl.O=C(Nc1ccc2c(c1)COC2)[C@@H]1CCCNC1. The number of rotatable bonds is 2. The molecule has 0 radical (unpaired) electrons. The molecule has 1 aromatic carbocycles. The van der Waals surface area contributed by atoms with Crippen molar-refractivity contribution in [2.75, 3.05) is 18.4 Å². The molecule has 0 bridgehead atoms. The maximum atomic E-state index is 12.1. The number of carbonyl (C=O) groups excluding carboxylic acids is 1. The Bertz CT molecular complexity index is 459. The van der Waals surface area contributed by atoms with Gasteiger partial charge in [-0.3, -0.25) is 4.79 Å². The number of hydrogen-bond acceptors (Lipinski definition) is 3. The zero-order chi connectivity index (χ0) is 12.4. The van der Waals surface area contributed by atoms with E-state index in [4.69, 9.17) is 4.74 Å². The Kier molecular flexibility index (Phi) is 4.80. The van der Waals surface area contributed by atoms with E-state index in [0.717, 1.165) is 31.6 Å². The van der Waals surface area contributed by atoms with Gasteiger partial charge >= 0.3 is 0 Å². The minimum absolute atomic E-state index is 0. The van der Waals surface area contributed by atoms with E-state index < -0.39 is 0 Å². The minimum atomic E-state index is 0. The van der Waals surface area contributed by atoms with Crippen molar-refractivity contribution in [1.82, 2.24) is 5.32 Å². The molecular weight excluding hydrogens is 264 g/mol. The molecule has 1 aromatic rings. The summed E-state index contributed by atoms with van der Waals surface area (Å²) in [7, 11) is 0. The van der Waals surface area contributed by atoms with Crippen molar-refractivity contribution < 1.29 is 9.53 Å². The van der Waals surface area contributed by atoms with Crippen molar-refractivity contribution in [3.63, 3.8) is 0 Å². The molecule has 5 heteroatoms. The van der Waals surface area contributed by atoms with Crippen molar-refractivity contribution in [3.05, 3.63) is 29.3 Å². The summed E-state index contributed by atoms with van der Waals surface area (Å²) in [6.45, 7) is 3.17. The van der Waals surface area contributed by atoms with Crippen LogP contribution in [-0.2, 0) is 22.7 Å². The van der Waals surface area contributed by atoms with Crippen molar-refractivity contribution in [2.45, 2.75) is 26.1 Å². The molecule has 0 unspecified atom stereocenters. The summed E-state index contributed by atoms with van der Waals surface area (Å²) < 4.78 is 5.37. The van der Waals surface area contributed by atoms with Crippen LogP contribution in [0.5, 0.6) is 0 Å². The summed E-state index contributed by atoms with van der Waals surface area (Å²) in [5.41, 5.74) is 3.30. The van der Waals surface area contributed by atoms with E-state index in [2.05, 4.69) is 10.6 Å². The lowest BCUT2D eigenvalue weighted by Gasteiger charge is -2.22. The van der Waals surface area contributed by atoms with Gasteiger partial charge in [-0.2, -0.15) is 0 Å². The monoisotopic (exact) mass is 282 g/mol. The Balaban J connectivity index is 0.00000133. The fourth-order valence-electron chi connectivity index (χ4n) is 2.57. The van der Waals surface area contributed by atoms with Gasteiger partial charge in [-0.1, -0.05) is 6.07 Å². The van der Waals surface area contributed by atoms with Crippen LogP contribution < -0.4 is 10.6 Å². The molecule has 2 aliphatic heterocycles. The van der Waals surface area contributed by atoms with E-state index in [-0.39, 0.29) is 24.2 Å². The molecule has 104 valence electrons. The summed E-state index contributed by atoms with van der Waals surface area (Å²) in [5.74, 6) is 0.226. The van der Waals surface area contributed by atoms with Crippen LogP contribution in [0.1, 0.15) is 24.0 Å². The summed E-state index contributed by atoms with van der Waals surface area (Å²) in [5, 5.41) is 6.27. The van der Waals surface area contributed by atoms with Gasteiger partial charge in [-0.05, 0) is 42.6 Å². The molecular formula is C14H19ClN2O2. The molecule has 4 nitrogen and oxygen atoms in total. The quantitative estimate of drug-likeness (QED) is 0.873. The number of anilines is 1. The van der Waals surface area contributed by atoms with Gasteiger partial charge in [0.2, 0.25) is 5.91 Å². The van der Waals surface area contributed by atoms with Crippen molar-refractivity contribution in [3.8, 4) is 0 Å². The Morgan fingerprint density at radius 2 is 2.16 bits per heavy atom. The normalized spacial score (nSPS) is 21.4. The Hall–Kier alpha value is -1.10.